The topological polar surface area (TPSA) is 62.5 Å². The molecule has 3 aromatic rings. The van der Waals surface area contributed by atoms with Crippen molar-refractivity contribution in [1.29, 1.82) is 0 Å². The Morgan fingerprint density at radius 2 is 2.00 bits per heavy atom. The van der Waals surface area contributed by atoms with Crippen molar-refractivity contribution >= 4 is 23.3 Å². The molecule has 1 N–H and O–H groups in total. The van der Waals surface area contributed by atoms with Crippen LogP contribution in [0.4, 0.5) is 0 Å². The maximum atomic E-state index is 12.3. The van der Waals surface area contributed by atoms with E-state index >= 15 is 0 Å². The molecule has 1 aromatic heterocycles. The number of Topliss-reactive ketones (excluding diaryl/α,β-unsaturated/α-hetero) is 1. The van der Waals surface area contributed by atoms with E-state index in [1.54, 1.807) is 24.5 Å². The minimum atomic E-state index is -0.0518. The monoisotopic (exact) mass is 350 g/mol. The molecule has 0 atom stereocenters. The quantitative estimate of drug-likeness (QED) is 0.547. The Morgan fingerprint density at radius 3 is 2.76 bits per heavy atom. The number of carbonyl (C=O) groups excluding carboxylic acids is 1. The normalized spacial score (nSPS) is 11.1. The highest BCUT2D eigenvalue weighted by Crippen LogP contribution is 2.27. The molecular weight excluding hydrogens is 332 g/mol. The number of carbonyl (C=O) groups is 1. The highest BCUT2D eigenvalue weighted by Gasteiger charge is 2.12. The Hall–Kier alpha value is -2.79. The molecule has 1 heterocycles. The Morgan fingerprint density at radius 1 is 1.20 bits per heavy atom. The van der Waals surface area contributed by atoms with Crippen molar-refractivity contribution in [2.24, 2.45) is 4.99 Å². The van der Waals surface area contributed by atoms with Crippen molar-refractivity contribution in [1.82, 2.24) is 4.98 Å². The van der Waals surface area contributed by atoms with E-state index in [1.165, 1.54) is 11.3 Å². The molecule has 25 heavy (non-hydrogen) atoms. The van der Waals surface area contributed by atoms with Crippen LogP contribution in [0.1, 0.15) is 26.4 Å². The third kappa shape index (κ3) is 4.00. The summed E-state index contributed by atoms with van der Waals surface area (Å²) in [5.74, 6) is 0.200. The Balaban J connectivity index is 1.69. The zero-order valence-electron chi connectivity index (χ0n) is 14.1. The fourth-order valence-electron chi connectivity index (χ4n) is 2.41. The van der Waals surface area contributed by atoms with Crippen molar-refractivity contribution in [3.05, 3.63) is 70.2 Å². The molecule has 0 saturated carbocycles. The second-order valence-corrected chi connectivity index (χ2v) is 6.81. The van der Waals surface area contributed by atoms with Crippen LogP contribution >= 0.6 is 11.3 Å². The SMILES string of the molecule is Cc1cc(C=NCC(=O)c2cnc(-c3ccccc3C)s2)ccc1O. The van der Waals surface area contributed by atoms with Crippen molar-refractivity contribution in [3.8, 4) is 16.3 Å². The van der Waals surface area contributed by atoms with Gasteiger partial charge in [-0.2, -0.15) is 0 Å². The Labute approximate surface area is 150 Å². The van der Waals surface area contributed by atoms with Crippen molar-refractivity contribution in [2.75, 3.05) is 6.54 Å². The zero-order chi connectivity index (χ0) is 17.8. The van der Waals surface area contributed by atoms with E-state index < -0.39 is 0 Å². The van der Waals surface area contributed by atoms with E-state index in [-0.39, 0.29) is 18.1 Å². The fourth-order valence-corrected chi connectivity index (χ4v) is 3.35. The molecule has 5 heteroatoms. The van der Waals surface area contributed by atoms with Gasteiger partial charge in [-0.15, -0.1) is 11.3 Å². The molecular formula is C20H18N2O2S. The summed E-state index contributed by atoms with van der Waals surface area (Å²) in [6.45, 7) is 3.93. The zero-order valence-corrected chi connectivity index (χ0v) is 14.9. The number of benzene rings is 2. The molecule has 4 nitrogen and oxygen atoms in total. The highest BCUT2D eigenvalue weighted by molar-refractivity contribution is 7.17. The predicted octanol–water partition coefficient (Wildman–Crippen LogP) is 4.43. The second-order valence-electron chi connectivity index (χ2n) is 5.78. The summed E-state index contributed by atoms with van der Waals surface area (Å²) in [7, 11) is 0. The number of aliphatic imine (C=N–C) groups is 1. The molecule has 0 unspecified atom stereocenters. The van der Waals surface area contributed by atoms with Gasteiger partial charge in [-0.1, -0.05) is 24.3 Å². The van der Waals surface area contributed by atoms with E-state index in [9.17, 15) is 9.90 Å². The summed E-state index contributed by atoms with van der Waals surface area (Å²) in [6.07, 6.45) is 3.27. The fraction of sp³-hybridized carbons (Fsp3) is 0.150. The first-order chi connectivity index (χ1) is 12.0. The molecule has 0 aliphatic rings. The van der Waals surface area contributed by atoms with Crippen molar-refractivity contribution in [3.63, 3.8) is 0 Å². The predicted molar refractivity (Wildman–Crippen MR) is 102 cm³/mol. The number of nitrogens with zero attached hydrogens (tertiary/aromatic N) is 2. The maximum Gasteiger partial charge on any atom is 0.195 e. The molecule has 0 bridgehead atoms. The molecule has 0 saturated heterocycles. The number of thiazole rings is 1. The van der Waals surface area contributed by atoms with Gasteiger partial charge in [0.2, 0.25) is 0 Å². The van der Waals surface area contributed by atoms with Crippen LogP contribution in [0, 0.1) is 13.8 Å². The molecule has 0 spiro atoms. The van der Waals surface area contributed by atoms with E-state index in [0.717, 1.165) is 27.3 Å². The lowest BCUT2D eigenvalue weighted by Crippen LogP contribution is -2.01. The van der Waals surface area contributed by atoms with Gasteiger partial charge >= 0.3 is 0 Å². The highest BCUT2D eigenvalue weighted by atomic mass is 32.1. The minimum Gasteiger partial charge on any atom is -0.508 e. The number of rotatable bonds is 5. The van der Waals surface area contributed by atoms with Gasteiger partial charge in [0.05, 0.1) is 4.88 Å². The van der Waals surface area contributed by atoms with Crippen LogP contribution in [-0.2, 0) is 0 Å². The minimum absolute atomic E-state index is 0.0518. The number of hydrogen-bond donors (Lipinski definition) is 1. The standard InChI is InChI=1S/C20H18N2O2S/c1-13-5-3-4-6-16(13)20-22-12-19(25-20)18(24)11-21-10-15-7-8-17(23)14(2)9-15/h3-10,12,23H,11H2,1-2H3. The number of ketones is 1. The molecule has 0 aliphatic carbocycles. The number of aromatic nitrogens is 1. The van der Waals surface area contributed by atoms with Crippen LogP contribution in [0.5, 0.6) is 5.75 Å². The molecule has 0 fully saturated rings. The molecule has 3 rings (SSSR count). The first-order valence-corrected chi connectivity index (χ1v) is 8.70. The first-order valence-electron chi connectivity index (χ1n) is 7.89. The van der Waals surface area contributed by atoms with E-state index in [0.29, 0.717) is 4.88 Å². The number of phenolic OH excluding ortho intramolecular Hbond substituents is 1. The van der Waals surface area contributed by atoms with Crippen LogP contribution in [0.2, 0.25) is 0 Å². The molecule has 0 aliphatic heterocycles. The summed E-state index contributed by atoms with van der Waals surface area (Å²) < 4.78 is 0. The lowest BCUT2D eigenvalue weighted by atomic mass is 10.1. The number of hydrogen-bond acceptors (Lipinski definition) is 5. The number of phenols is 1. The van der Waals surface area contributed by atoms with E-state index in [4.69, 9.17) is 0 Å². The summed E-state index contributed by atoms with van der Waals surface area (Å²) in [4.78, 5) is 21.5. The van der Waals surface area contributed by atoms with E-state index in [2.05, 4.69) is 9.98 Å². The smallest absolute Gasteiger partial charge is 0.195 e. The van der Waals surface area contributed by atoms with Gasteiger partial charge in [-0.25, -0.2) is 4.98 Å². The first kappa shape index (κ1) is 17.0. The van der Waals surface area contributed by atoms with Gasteiger partial charge in [0.1, 0.15) is 17.3 Å². The largest absolute Gasteiger partial charge is 0.508 e. The lowest BCUT2D eigenvalue weighted by Gasteiger charge is -2.00. The molecule has 0 radical (unpaired) electrons. The summed E-state index contributed by atoms with van der Waals surface area (Å²) in [6, 6.07) is 13.2. The molecule has 126 valence electrons. The van der Waals surface area contributed by atoms with E-state index in [1.807, 2.05) is 44.2 Å². The summed E-state index contributed by atoms with van der Waals surface area (Å²) in [5, 5.41) is 10.4. The van der Waals surface area contributed by atoms with Crippen LogP contribution in [-0.4, -0.2) is 28.6 Å². The van der Waals surface area contributed by atoms with Gasteiger partial charge in [0.15, 0.2) is 5.78 Å². The van der Waals surface area contributed by atoms with Gasteiger partial charge in [0.25, 0.3) is 0 Å². The van der Waals surface area contributed by atoms with Gasteiger partial charge in [-0.3, -0.25) is 9.79 Å². The Bertz CT molecular complexity index is 944. The summed E-state index contributed by atoms with van der Waals surface area (Å²) >= 11 is 1.39. The third-order valence-electron chi connectivity index (χ3n) is 3.85. The lowest BCUT2D eigenvalue weighted by molar-refractivity contribution is 0.101. The van der Waals surface area contributed by atoms with Gasteiger partial charge in [-0.05, 0) is 48.7 Å². The van der Waals surface area contributed by atoms with Crippen molar-refractivity contribution in [2.45, 2.75) is 13.8 Å². The third-order valence-corrected chi connectivity index (χ3v) is 4.92. The van der Waals surface area contributed by atoms with Crippen LogP contribution in [0.25, 0.3) is 10.6 Å². The van der Waals surface area contributed by atoms with Crippen LogP contribution < -0.4 is 0 Å². The molecule has 0 amide bonds. The van der Waals surface area contributed by atoms with Crippen LogP contribution in [0.3, 0.4) is 0 Å². The van der Waals surface area contributed by atoms with Gasteiger partial charge in [0, 0.05) is 18.0 Å². The maximum absolute atomic E-state index is 12.3. The van der Waals surface area contributed by atoms with Gasteiger partial charge < -0.3 is 5.11 Å². The van der Waals surface area contributed by atoms with Crippen LogP contribution in [0.15, 0.2) is 53.7 Å². The summed E-state index contributed by atoms with van der Waals surface area (Å²) in [5.41, 5.74) is 3.82. The number of aromatic hydroxyl groups is 1. The average molecular weight is 350 g/mol. The number of aryl methyl sites for hydroxylation is 2. The average Bonchev–Trinajstić information content (AvgIpc) is 3.08. The Kier molecular flexibility index (Phi) is 5.05. The second kappa shape index (κ2) is 7.40. The molecule has 2 aromatic carbocycles. The van der Waals surface area contributed by atoms with Crippen molar-refractivity contribution < 1.29 is 9.90 Å².